The van der Waals surface area contributed by atoms with Gasteiger partial charge in [0.1, 0.15) is 6.61 Å². The van der Waals surface area contributed by atoms with Crippen molar-refractivity contribution in [3.8, 4) is 0 Å². The number of morpholine rings is 1. The molecular weight excluding hydrogens is 139 g/mol. The number of carbonyl (C=O) groups excluding carboxylic acids is 1. The van der Waals surface area contributed by atoms with Gasteiger partial charge in [-0.2, -0.15) is 0 Å². The van der Waals surface area contributed by atoms with E-state index in [4.69, 9.17) is 5.73 Å². The molecule has 9 heavy (non-hydrogen) atoms. The molecule has 1 aliphatic heterocycles. The SMILES string of the molecule is N[C@H]1N[C@@H](P)COC1=O. The van der Waals surface area contributed by atoms with Crippen molar-refractivity contribution in [3.05, 3.63) is 0 Å². The zero-order valence-corrected chi connectivity index (χ0v) is 5.99. The van der Waals surface area contributed by atoms with Gasteiger partial charge in [-0.25, -0.2) is 4.79 Å². The highest BCUT2D eigenvalue weighted by Gasteiger charge is 2.23. The Hall–Kier alpha value is -0.180. The number of carbonyl (C=O) groups is 1. The van der Waals surface area contributed by atoms with Crippen LogP contribution in [0.15, 0.2) is 0 Å². The molecule has 0 aromatic carbocycles. The molecule has 52 valence electrons. The molecule has 3 atom stereocenters. The molecule has 0 radical (unpaired) electrons. The van der Waals surface area contributed by atoms with Crippen LogP contribution in [-0.2, 0) is 9.53 Å². The Kier molecular flexibility index (Phi) is 2.01. The smallest absolute Gasteiger partial charge is 0.337 e. The first-order valence-electron chi connectivity index (χ1n) is 2.64. The van der Waals surface area contributed by atoms with Crippen molar-refractivity contribution in [2.45, 2.75) is 11.9 Å². The Labute approximate surface area is 55.3 Å². The molecule has 0 aliphatic carbocycles. The summed E-state index contributed by atoms with van der Waals surface area (Å²) in [6.45, 7) is 0.386. The third-order valence-corrected chi connectivity index (χ3v) is 1.44. The third kappa shape index (κ3) is 1.61. The van der Waals surface area contributed by atoms with Crippen molar-refractivity contribution >= 4 is 15.2 Å². The van der Waals surface area contributed by atoms with Crippen LogP contribution in [0.2, 0.25) is 0 Å². The Morgan fingerprint density at radius 3 is 3.00 bits per heavy atom. The number of cyclic esters (lactones) is 1. The molecule has 0 aromatic rings. The van der Waals surface area contributed by atoms with E-state index in [0.717, 1.165) is 0 Å². The Balaban J connectivity index is 2.44. The van der Waals surface area contributed by atoms with Gasteiger partial charge in [0.2, 0.25) is 0 Å². The van der Waals surface area contributed by atoms with Gasteiger partial charge in [0.05, 0.1) is 5.78 Å². The van der Waals surface area contributed by atoms with Gasteiger partial charge < -0.3 is 10.5 Å². The number of nitrogens with two attached hydrogens (primary N) is 1. The molecule has 5 heteroatoms. The number of hydrogen-bond acceptors (Lipinski definition) is 4. The summed E-state index contributed by atoms with van der Waals surface area (Å²) < 4.78 is 4.66. The lowest BCUT2D eigenvalue weighted by Gasteiger charge is -2.24. The van der Waals surface area contributed by atoms with Crippen molar-refractivity contribution in [3.63, 3.8) is 0 Å². The van der Waals surface area contributed by atoms with Gasteiger partial charge in [-0.15, -0.1) is 9.24 Å². The number of hydrogen-bond donors (Lipinski definition) is 2. The minimum Gasteiger partial charge on any atom is -0.462 e. The van der Waals surface area contributed by atoms with Gasteiger partial charge in [0.25, 0.3) is 0 Å². The maximum Gasteiger partial charge on any atom is 0.337 e. The lowest BCUT2D eigenvalue weighted by Crippen LogP contribution is -2.54. The first-order chi connectivity index (χ1) is 4.20. The van der Waals surface area contributed by atoms with Crippen LogP contribution in [0.5, 0.6) is 0 Å². The second-order valence-electron chi connectivity index (χ2n) is 1.88. The second kappa shape index (κ2) is 2.60. The van der Waals surface area contributed by atoms with E-state index in [1.54, 1.807) is 0 Å². The van der Waals surface area contributed by atoms with E-state index in [9.17, 15) is 4.79 Å². The van der Waals surface area contributed by atoms with Crippen molar-refractivity contribution < 1.29 is 9.53 Å². The second-order valence-corrected chi connectivity index (χ2v) is 2.69. The molecule has 1 unspecified atom stereocenters. The molecule has 1 saturated heterocycles. The fourth-order valence-electron chi connectivity index (χ4n) is 0.608. The lowest BCUT2D eigenvalue weighted by atomic mass is 10.4. The predicted octanol–water partition coefficient (Wildman–Crippen LogP) is -1.38. The molecule has 3 N–H and O–H groups in total. The first-order valence-corrected chi connectivity index (χ1v) is 3.30. The van der Waals surface area contributed by atoms with Crippen LogP contribution in [0, 0.1) is 0 Å². The molecule has 0 saturated carbocycles. The fraction of sp³-hybridized carbons (Fsp3) is 0.750. The summed E-state index contributed by atoms with van der Waals surface area (Å²) in [7, 11) is 2.48. The molecule has 1 aliphatic rings. The van der Waals surface area contributed by atoms with Crippen LogP contribution < -0.4 is 11.1 Å². The number of nitrogens with one attached hydrogen (secondary N) is 1. The van der Waals surface area contributed by atoms with Gasteiger partial charge in [0, 0.05) is 0 Å². The summed E-state index contributed by atoms with van der Waals surface area (Å²) in [5, 5.41) is 2.80. The fourth-order valence-corrected chi connectivity index (χ4v) is 0.912. The van der Waals surface area contributed by atoms with Crippen LogP contribution in [-0.4, -0.2) is 24.5 Å². The molecule has 1 fully saturated rings. The number of rotatable bonds is 0. The molecule has 0 bridgehead atoms. The molecule has 0 aromatic heterocycles. The average molecular weight is 148 g/mol. The summed E-state index contributed by atoms with van der Waals surface area (Å²) in [6.07, 6.45) is -0.652. The Morgan fingerprint density at radius 1 is 1.89 bits per heavy atom. The maximum atomic E-state index is 10.5. The minimum absolute atomic E-state index is 0.0951. The monoisotopic (exact) mass is 148 g/mol. The highest BCUT2D eigenvalue weighted by molar-refractivity contribution is 7.17. The molecule has 1 heterocycles. The minimum atomic E-state index is -0.652. The molecule has 0 amide bonds. The van der Waals surface area contributed by atoms with E-state index >= 15 is 0 Å². The molecule has 1 rings (SSSR count). The van der Waals surface area contributed by atoms with E-state index < -0.39 is 6.17 Å². The van der Waals surface area contributed by atoms with E-state index in [2.05, 4.69) is 19.3 Å². The van der Waals surface area contributed by atoms with Crippen molar-refractivity contribution in [2.24, 2.45) is 5.73 Å². The quantitative estimate of drug-likeness (QED) is 0.328. The molecular formula is C4H9N2O2P. The van der Waals surface area contributed by atoms with Crippen molar-refractivity contribution in [1.29, 1.82) is 0 Å². The van der Waals surface area contributed by atoms with Gasteiger partial charge in [-0.3, -0.25) is 5.32 Å². The summed E-state index contributed by atoms with van der Waals surface area (Å²) in [5.74, 6) is -0.286. The van der Waals surface area contributed by atoms with Gasteiger partial charge in [-0.1, -0.05) is 0 Å². The van der Waals surface area contributed by atoms with Crippen LogP contribution >= 0.6 is 9.24 Å². The van der Waals surface area contributed by atoms with Crippen LogP contribution in [0.4, 0.5) is 0 Å². The highest BCUT2D eigenvalue weighted by atomic mass is 31.0. The largest absolute Gasteiger partial charge is 0.462 e. The van der Waals surface area contributed by atoms with E-state index in [1.807, 2.05) is 0 Å². The van der Waals surface area contributed by atoms with Gasteiger partial charge >= 0.3 is 5.97 Å². The third-order valence-electron chi connectivity index (χ3n) is 1.05. The normalized spacial score (nSPS) is 36.0. The lowest BCUT2D eigenvalue weighted by molar-refractivity contribution is -0.149. The summed E-state index contributed by atoms with van der Waals surface area (Å²) in [4.78, 5) is 10.5. The topological polar surface area (TPSA) is 64.3 Å². The molecule has 4 nitrogen and oxygen atoms in total. The van der Waals surface area contributed by atoms with E-state index in [0.29, 0.717) is 6.61 Å². The van der Waals surface area contributed by atoms with Gasteiger partial charge in [0.15, 0.2) is 6.17 Å². The van der Waals surface area contributed by atoms with E-state index in [-0.39, 0.29) is 11.8 Å². The Bertz CT molecular complexity index is 130. The van der Waals surface area contributed by atoms with Crippen LogP contribution in [0.1, 0.15) is 0 Å². The average Bonchev–Trinajstić information content (AvgIpc) is 1.80. The summed E-state index contributed by atoms with van der Waals surface area (Å²) in [6, 6.07) is 0. The zero-order chi connectivity index (χ0) is 6.85. The maximum absolute atomic E-state index is 10.5. The number of ether oxygens (including phenoxy) is 1. The number of esters is 1. The first kappa shape index (κ1) is 6.93. The van der Waals surface area contributed by atoms with E-state index in [1.165, 1.54) is 0 Å². The standard InChI is InChI=1S/C4H9N2O2P/c5-3-4(7)8-1-2(9)6-3/h2-3,6H,1,5,9H2/t2-,3-/m0/s1. The summed E-state index contributed by atoms with van der Waals surface area (Å²) in [5.41, 5.74) is 5.27. The van der Waals surface area contributed by atoms with Crippen molar-refractivity contribution in [1.82, 2.24) is 5.32 Å². The summed E-state index contributed by atoms with van der Waals surface area (Å²) >= 11 is 0. The zero-order valence-electron chi connectivity index (χ0n) is 4.83. The van der Waals surface area contributed by atoms with Crippen molar-refractivity contribution in [2.75, 3.05) is 6.61 Å². The van der Waals surface area contributed by atoms with Crippen LogP contribution in [0.25, 0.3) is 0 Å². The molecule has 0 spiro atoms. The Morgan fingerprint density at radius 2 is 2.56 bits per heavy atom. The predicted molar refractivity (Wildman–Crippen MR) is 35.6 cm³/mol. The van der Waals surface area contributed by atoms with Crippen LogP contribution in [0.3, 0.4) is 0 Å². The highest BCUT2D eigenvalue weighted by Crippen LogP contribution is 2.02. The van der Waals surface area contributed by atoms with Gasteiger partial charge in [-0.05, 0) is 0 Å².